The summed E-state index contributed by atoms with van der Waals surface area (Å²) < 4.78 is 10.3. The van der Waals surface area contributed by atoms with Crippen molar-refractivity contribution >= 4 is 11.6 Å². The van der Waals surface area contributed by atoms with Gasteiger partial charge in [-0.25, -0.2) is 0 Å². The summed E-state index contributed by atoms with van der Waals surface area (Å²) in [6.07, 6.45) is 0. The van der Waals surface area contributed by atoms with Gasteiger partial charge >= 0.3 is 5.69 Å². The highest BCUT2D eigenvalue weighted by Crippen LogP contribution is 2.30. The number of ether oxygens (including phenoxy) is 2. The van der Waals surface area contributed by atoms with Gasteiger partial charge in [-0.2, -0.15) is 0 Å². The van der Waals surface area contributed by atoms with Crippen molar-refractivity contribution in [2.45, 2.75) is 0 Å². The zero-order chi connectivity index (χ0) is 17.4. The minimum absolute atomic E-state index is 0.0941. The summed E-state index contributed by atoms with van der Waals surface area (Å²) in [7, 11) is 1.34. The molecule has 1 saturated heterocycles. The fraction of sp³-hybridized carbons (Fsp3) is 0.533. The van der Waals surface area contributed by atoms with E-state index in [1.54, 1.807) is 0 Å². The van der Waals surface area contributed by atoms with Gasteiger partial charge in [0.2, 0.25) is 5.75 Å². The Morgan fingerprint density at radius 2 is 2.17 bits per heavy atom. The summed E-state index contributed by atoms with van der Waals surface area (Å²) in [5, 5.41) is 16.9. The summed E-state index contributed by atoms with van der Waals surface area (Å²) in [4.78, 5) is 24.3. The number of nitrogens with one attached hydrogen (secondary N) is 2. The van der Waals surface area contributed by atoms with Crippen molar-refractivity contribution in [2.75, 3.05) is 53.0 Å². The van der Waals surface area contributed by atoms with Crippen LogP contribution in [0.4, 0.5) is 5.69 Å². The van der Waals surface area contributed by atoms with Crippen LogP contribution in [0.2, 0.25) is 0 Å². The van der Waals surface area contributed by atoms with E-state index in [1.165, 1.54) is 25.3 Å². The maximum Gasteiger partial charge on any atom is 0.311 e. The maximum absolute atomic E-state index is 11.8. The molecule has 1 aromatic carbocycles. The molecule has 1 amide bonds. The molecule has 1 aliphatic rings. The third kappa shape index (κ3) is 5.36. The van der Waals surface area contributed by atoms with Crippen LogP contribution >= 0.6 is 0 Å². The van der Waals surface area contributed by atoms with E-state index in [0.29, 0.717) is 12.3 Å². The Bertz CT molecular complexity index is 575. The van der Waals surface area contributed by atoms with E-state index in [-0.39, 0.29) is 24.0 Å². The quantitative estimate of drug-likeness (QED) is 0.508. The Hall–Kier alpha value is -2.39. The van der Waals surface area contributed by atoms with E-state index in [9.17, 15) is 14.9 Å². The molecule has 24 heavy (non-hydrogen) atoms. The molecule has 0 saturated carbocycles. The standard InChI is InChI=1S/C15H22N4O5/c1-23-14-10-12(2-3-13(14)19(21)22)24-11-15(20)17-6-9-18-7-4-16-5-8-18/h2-3,10,16H,4-9,11H2,1H3,(H,17,20). The number of hydrogen-bond acceptors (Lipinski definition) is 7. The number of hydrogen-bond donors (Lipinski definition) is 2. The molecule has 0 atom stereocenters. The van der Waals surface area contributed by atoms with Gasteiger partial charge in [-0.05, 0) is 6.07 Å². The highest BCUT2D eigenvalue weighted by atomic mass is 16.6. The summed E-state index contributed by atoms with van der Waals surface area (Å²) >= 11 is 0. The summed E-state index contributed by atoms with van der Waals surface area (Å²) in [5.41, 5.74) is -0.148. The number of carbonyl (C=O) groups is 1. The highest BCUT2D eigenvalue weighted by Gasteiger charge is 2.15. The van der Waals surface area contributed by atoms with Gasteiger partial charge < -0.3 is 20.1 Å². The van der Waals surface area contributed by atoms with Crippen molar-refractivity contribution in [1.82, 2.24) is 15.5 Å². The molecule has 1 heterocycles. The number of benzene rings is 1. The Labute approximate surface area is 140 Å². The SMILES string of the molecule is COc1cc(OCC(=O)NCCN2CCNCC2)ccc1[N+](=O)[O-]. The van der Waals surface area contributed by atoms with E-state index in [0.717, 1.165) is 32.7 Å². The van der Waals surface area contributed by atoms with Gasteiger partial charge in [-0.15, -0.1) is 0 Å². The van der Waals surface area contributed by atoms with Crippen molar-refractivity contribution in [3.63, 3.8) is 0 Å². The number of rotatable bonds is 8. The number of nitrogens with zero attached hydrogens (tertiary/aromatic N) is 2. The molecule has 1 fully saturated rings. The van der Waals surface area contributed by atoms with Crippen molar-refractivity contribution in [2.24, 2.45) is 0 Å². The minimum atomic E-state index is -0.536. The average molecular weight is 338 g/mol. The number of methoxy groups -OCH3 is 1. The molecule has 1 aromatic rings. The lowest BCUT2D eigenvalue weighted by atomic mass is 10.3. The van der Waals surface area contributed by atoms with Crippen LogP contribution in [0, 0.1) is 10.1 Å². The van der Waals surface area contributed by atoms with Gasteiger partial charge in [-0.3, -0.25) is 19.8 Å². The minimum Gasteiger partial charge on any atom is -0.490 e. The van der Waals surface area contributed by atoms with E-state index < -0.39 is 4.92 Å². The molecular weight excluding hydrogens is 316 g/mol. The van der Waals surface area contributed by atoms with Gasteiger partial charge in [0.1, 0.15) is 5.75 Å². The highest BCUT2D eigenvalue weighted by molar-refractivity contribution is 5.77. The number of nitro groups is 1. The Morgan fingerprint density at radius 3 is 2.83 bits per heavy atom. The molecule has 9 nitrogen and oxygen atoms in total. The van der Waals surface area contributed by atoms with E-state index in [2.05, 4.69) is 15.5 Å². The van der Waals surface area contributed by atoms with Gasteiger partial charge in [0.25, 0.3) is 5.91 Å². The Morgan fingerprint density at radius 1 is 1.42 bits per heavy atom. The normalized spacial score (nSPS) is 14.9. The van der Waals surface area contributed by atoms with Crippen molar-refractivity contribution in [3.8, 4) is 11.5 Å². The Kier molecular flexibility index (Phi) is 6.76. The van der Waals surface area contributed by atoms with Crippen molar-refractivity contribution in [1.29, 1.82) is 0 Å². The molecule has 0 aliphatic carbocycles. The van der Waals surface area contributed by atoms with Crippen molar-refractivity contribution < 1.29 is 19.2 Å². The smallest absolute Gasteiger partial charge is 0.311 e. The second kappa shape index (κ2) is 9.04. The number of nitro benzene ring substituents is 1. The van der Waals surface area contributed by atoms with Crippen LogP contribution in [0.15, 0.2) is 18.2 Å². The van der Waals surface area contributed by atoms with Crippen LogP contribution in [0.5, 0.6) is 11.5 Å². The first kappa shape index (κ1) is 18.0. The van der Waals surface area contributed by atoms with Gasteiger partial charge in [0.05, 0.1) is 12.0 Å². The van der Waals surface area contributed by atoms with Gasteiger partial charge in [0, 0.05) is 51.4 Å². The first-order valence-corrected chi connectivity index (χ1v) is 7.75. The first-order chi connectivity index (χ1) is 11.6. The zero-order valence-corrected chi connectivity index (χ0v) is 13.6. The molecule has 0 spiro atoms. The molecule has 9 heteroatoms. The second-order valence-corrected chi connectivity index (χ2v) is 5.32. The van der Waals surface area contributed by atoms with Crippen LogP contribution in [-0.4, -0.2) is 68.7 Å². The molecule has 2 N–H and O–H groups in total. The number of carbonyl (C=O) groups excluding carboxylic acids is 1. The van der Waals surface area contributed by atoms with E-state index in [1.807, 2.05) is 0 Å². The summed E-state index contributed by atoms with van der Waals surface area (Å²) in [6.45, 7) is 5.12. The van der Waals surface area contributed by atoms with Crippen LogP contribution in [0.1, 0.15) is 0 Å². The predicted octanol–water partition coefficient (Wildman–Crippen LogP) is 0.00360. The van der Waals surface area contributed by atoms with Gasteiger partial charge in [-0.1, -0.05) is 0 Å². The summed E-state index contributed by atoms with van der Waals surface area (Å²) in [5.74, 6) is 0.203. The third-order valence-corrected chi connectivity index (χ3v) is 3.68. The van der Waals surface area contributed by atoms with Crippen LogP contribution < -0.4 is 20.1 Å². The molecule has 0 unspecified atom stereocenters. The lowest BCUT2D eigenvalue weighted by molar-refractivity contribution is -0.385. The van der Waals surface area contributed by atoms with Crippen LogP contribution in [-0.2, 0) is 4.79 Å². The van der Waals surface area contributed by atoms with Crippen LogP contribution in [0.25, 0.3) is 0 Å². The van der Waals surface area contributed by atoms with E-state index >= 15 is 0 Å². The lowest BCUT2D eigenvalue weighted by Crippen LogP contribution is -2.46. The molecule has 0 radical (unpaired) electrons. The largest absolute Gasteiger partial charge is 0.490 e. The van der Waals surface area contributed by atoms with Crippen LogP contribution in [0.3, 0.4) is 0 Å². The number of amides is 1. The fourth-order valence-electron chi connectivity index (χ4n) is 2.39. The molecule has 2 rings (SSSR count). The molecule has 132 valence electrons. The van der Waals surface area contributed by atoms with Crippen molar-refractivity contribution in [3.05, 3.63) is 28.3 Å². The zero-order valence-electron chi connectivity index (χ0n) is 13.6. The molecular formula is C15H22N4O5. The maximum atomic E-state index is 11.8. The monoisotopic (exact) mass is 338 g/mol. The second-order valence-electron chi connectivity index (χ2n) is 5.32. The predicted molar refractivity (Wildman–Crippen MR) is 87.5 cm³/mol. The fourth-order valence-corrected chi connectivity index (χ4v) is 2.39. The Balaban J connectivity index is 1.73. The first-order valence-electron chi connectivity index (χ1n) is 7.75. The molecule has 1 aliphatic heterocycles. The average Bonchev–Trinajstić information content (AvgIpc) is 2.60. The molecule has 0 bridgehead atoms. The summed E-state index contributed by atoms with van der Waals surface area (Å²) in [6, 6.07) is 4.12. The van der Waals surface area contributed by atoms with Gasteiger partial charge in [0.15, 0.2) is 6.61 Å². The number of piperazine rings is 1. The molecule has 0 aromatic heterocycles. The van der Waals surface area contributed by atoms with E-state index in [4.69, 9.17) is 9.47 Å². The third-order valence-electron chi connectivity index (χ3n) is 3.68. The topological polar surface area (TPSA) is 106 Å². The lowest BCUT2D eigenvalue weighted by Gasteiger charge is -2.27.